The molecule has 1 aliphatic rings. The van der Waals surface area contributed by atoms with Crippen molar-refractivity contribution in [1.29, 1.82) is 0 Å². The summed E-state index contributed by atoms with van der Waals surface area (Å²) in [7, 11) is 0. The summed E-state index contributed by atoms with van der Waals surface area (Å²) in [6, 6.07) is 45.5. The first-order valence-corrected chi connectivity index (χ1v) is 17.5. The Morgan fingerprint density at radius 3 is 2.24 bits per heavy atom. The van der Waals surface area contributed by atoms with E-state index in [1.807, 2.05) is 11.3 Å². The fourth-order valence-corrected chi connectivity index (χ4v) is 9.19. The highest BCUT2D eigenvalue weighted by Crippen LogP contribution is 2.48. The molecule has 5 heteroatoms. The van der Waals surface area contributed by atoms with E-state index in [-0.39, 0.29) is 0 Å². The van der Waals surface area contributed by atoms with Gasteiger partial charge in [0, 0.05) is 53.9 Å². The van der Waals surface area contributed by atoms with Crippen molar-refractivity contribution in [2.24, 2.45) is 0 Å². The lowest BCUT2D eigenvalue weighted by molar-refractivity contribution is 0.536. The Morgan fingerprint density at radius 2 is 1.35 bits per heavy atom. The lowest BCUT2D eigenvalue weighted by Crippen LogP contribution is -2.03. The number of aryl methyl sites for hydroxylation is 1. The number of furan rings is 1. The fraction of sp³-hybridized carbons (Fsp3) is 0.0455. The van der Waals surface area contributed by atoms with Crippen molar-refractivity contribution in [3.63, 3.8) is 0 Å². The number of fused-ring (bicyclic) bond motifs is 13. The number of nitrogens with zero attached hydrogens (tertiary/aromatic N) is 3. The number of hydrogen-bond acceptors (Lipinski definition) is 4. The third-order valence-corrected chi connectivity index (χ3v) is 11.3. The molecule has 1 aliphatic carbocycles. The van der Waals surface area contributed by atoms with Gasteiger partial charge >= 0.3 is 0 Å². The van der Waals surface area contributed by atoms with E-state index in [0.717, 1.165) is 57.4 Å². The molecular formula is C44H27N3OS. The normalized spacial score (nSPS) is 13.1. The molecule has 4 heterocycles. The van der Waals surface area contributed by atoms with Crippen molar-refractivity contribution in [3.8, 4) is 28.3 Å². The molecule has 0 aliphatic heterocycles. The van der Waals surface area contributed by atoms with Gasteiger partial charge < -0.3 is 4.42 Å². The van der Waals surface area contributed by atoms with Gasteiger partial charge in [0.1, 0.15) is 5.76 Å². The first-order valence-electron chi connectivity index (χ1n) is 16.7. The van der Waals surface area contributed by atoms with Crippen LogP contribution in [-0.4, -0.2) is 14.5 Å². The first kappa shape index (κ1) is 27.0. The van der Waals surface area contributed by atoms with Crippen LogP contribution in [0.25, 0.3) is 98.3 Å². The molecule has 4 nitrogen and oxygen atoms in total. The number of allylic oxidation sites excluding steroid dienone is 1. The lowest BCUT2D eigenvalue weighted by atomic mass is 9.97. The predicted octanol–water partition coefficient (Wildman–Crippen LogP) is 12.1. The molecule has 4 aromatic heterocycles. The van der Waals surface area contributed by atoms with Crippen LogP contribution in [0.4, 0.5) is 0 Å². The Hall–Kier alpha value is -6.04. The molecule has 230 valence electrons. The molecule has 0 atom stereocenters. The number of para-hydroxylation sites is 1. The zero-order valence-electron chi connectivity index (χ0n) is 26.4. The van der Waals surface area contributed by atoms with Crippen LogP contribution in [0, 0.1) is 0 Å². The Kier molecular flexibility index (Phi) is 5.63. The quantitative estimate of drug-likeness (QED) is 0.192. The van der Waals surface area contributed by atoms with Crippen LogP contribution < -0.4 is 0 Å². The van der Waals surface area contributed by atoms with Crippen molar-refractivity contribution in [2.75, 3.05) is 0 Å². The molecule has 6 aromatic carbocycles. The summed E-state index contributed by atoms with van der Waals surface area (Å²) in [5.74, 6) is 1.59. The Labute approximate surface area is 285 Å². The second kappa shape index (κ2) is 10.2. The van der Waals surface area contributed by atoms with Gasteiger partial charge in [0.05, 0.1) is 22.1 Å². The van der Waals surface area contributed by atoms with Gasteiger partial charge in [-0.3, -0.25) is 4.57 Å². The maximum atomic E-state index is 6.63. The zero-order chi connectivity index (χ0) is 32.1. The minimum Gasteiger partial charge on any atom is -0.442 e. The van der Waals surface area contributed by atoms with Gasteiger partial charge in [-0.25, -0.2) is 4.98 Å². The van der Waals surface area contributed by atoms with Crippen molar-refractivity contribution in [1.82, 2.24) is 14.5 Å². The largest absolute Gasteiger partial charge is 0.442 e. The summed E-state index contributed by atoms with van der Waals surface area (Å²) in [6.07, 6.45) is 6.22. The molecule has 0 fully saturated rings. The maximum absolute atomic E-state index is 6.63. The van der Waals surface area contributed by atoms with Crippen LogP contribution in [0.3, 0.4) is 0 Å². The van der Waals surface area contributed by atoms with E-state index < -0.39 is 0 Å². The second-order valence-electron chi connectivity index (χ2n) is 12.8. The number of hydrogen-bond donors (Lipinski definition) is 0. The molecule has 11 rings (SSSR count). The highest BCUT2D eigenvalue weighted by Gasteiger charge is 2.26. The van der Waals surface area contributed by atoms with Crippen LogP contribution in [0.15, 0.2) is 138 Å². The summed E-state index contributed by atoms with van der Waals surface area (Å²) >= 11 is 1.86. The second-order valence-corrected chi connectivity index (χ2v) is 13.9. The van der Waals surface area contributed by atoms with E-state index in [2.05, 4.69) is 144 Å². The lowest BCUT2D eigenvalue weighted by Gasteiger charge is -2.12. The average molecular weight is 646 g/mol. The molecule has 0 N–H and O–H groups in total. The van der Waals surface area contributed by atoms with Gasteiger partial charge in [0.25, 0.3) is 0 Å². The van der Waals surface area contributed by atoms with E-state index in [0.29, 0.717) is 11.7 Å². The van der Waals surface area contributed by atoms with Gasteiger partial charge in [-0.15, -0.1) is 11.3 Å². The topological polar surface area (TPSA) is 43.9 Å². The molecule has 0 bridgehead atoms. The third kappa shape index (κ3) is 3.85. The standard InChI is InChI=1S/C44H27N3OS/c1-2-13-26(14-3-1)27-15-12-16-28(25-27)40-38-32-20-7-10-23-35(32)48-43(38)46-44(45-40)47-34-22-9-6-19-31(34)37-29-17-4-5-18-30(29)42-39(41(37)47)33-21-8-11-24-36(33)49-42/h1-9,11-22,24-25H,10,23H2. The molecule has 10 aromatic rings. The van der Waals surface area contributed by atoms with Crippen LogP contribution in [0.2, 0.25) is 0 Å². The predicted molar refractivity (Wildman–Crippen MR) is 205 cm³/mol. The molecular weight excluding hydrogens is 619 g/mol. The number of aromatic nitrogens is 3. The molecule has 0 amide bonds. The zero-order valence-corrected chi connectivity index (χ0v) is 27.2. The number of thiophene rings is 1. The summed E-state index contributed by atoms with van der Waals surface area (Å²) in [6.45, 7) is 0. The van der Waals surface area contributed by atoms with Crippen molar-refractivity contribution in [2.45, 2.75) is 12.8 Å². The summed E-state index contributed by atoms with van der Waals surface area (Å²) < 4.78 is 11.5. The SMILES string of the molecule is C1=Cc2c(oc3nc(-n4c5ccccc5c5c6ccccc6c6sc7ccccc7c6c54)nc(-c4cccc(-c5ccccc5)c4)c23)CC1. The third-order valence-electron chi connectivity index (χ3n) is 10.1. The molecule has 0 saturated carbocycles. The van der Waals surface area contributed by atoms with Crippen LogP contribution in [0.1, 0.15) is 17.7 Å². The molecule has 0 radical (unpaired) electrons. The Balaban J connectivity index is 1.31. The van der Waals surface area contributed by atoms with Gasteiger partial charge in [-0.2, -0.15) is 4.98 Å². The van der Waals surface area contributed by atoms with E-state index in [4.69, 9.17) is 14.4 Å². The molecule has 49 heavy (non-hydrogen) atoms. The van der Waals surface area contributed by atoms with Gasteiger partial charge in [0.15, 0.2) is 0 Å². The molecule has 0 saturated heterocycles. The van der Waals surface area contributed by atoms with Crippen molar-refractivity contribution >= 4 is 81.3 Å². The number of rotatable bonds is 3. The Bertz CT molecular complexity index is 3000. The van der Waals surface area contributed by atoms with Crippen LogP contribution in [-0.2, 0) is 6.42 Å². The monoisotopic (exact) mass is 645 g/mol. The number of benzene rings is 6. The van der Waals surface area contributed by atoms with E-state index >= 15 is 0 Å². The van der Waals surface area contributed by atoms with Crippen LogP contribution in [0.5, 0.6) is 0 Å². The van der Waals surface area contributed by atoms with E-state index in [9.17, 15) is 0 Å². The van der Waals surface area contributed by atoms with Crippen molar-refractivity contribution in [3.05, 3.63) is 145 Å². The highest BCUT2D eigenvalue weighted by atomic mass is 32.1. The average Bonchev–Trinajstić information content (AvgIpc) is 3.85. The fourth-order valence-electron chi connectivity index (χ4n) is 7.95. The Morgan fingerprint density at radius 1 is 0.612 bits per heavy atom. The van der Waals surface area contributed by atoms with Crippen molar-refractivity contribution < 1.29 is 4.42 Å². The smallest absolute Gasteiger partial charge is 0.238 e. The van der Waals surface area contributed by atoms with E-state index in [1.54, 1.807) is 0 Å². The van der Waals surface area contributed by atoms with Crippen LogP contribution >= 0.6 is 11.3 Å². The summed E-state index contributed by atoms with van der Waals surface area (Å²) in [5.41, 5.74) is 8.16. The van der Waals surface area contributed by atoms with E-state index in [1.165, 1.54) is 47.3 Å². The molecule has 0 spiro atoms. The first-order chi connectivity index (χ1) is 24.3. The maximum Gasteiger partial charge on any atom is 0.238 e. The molecule has 0 unspecified atom stereocenters. The van der Waals surface area contributed by atoms with Gasteiger partial charge in [-0.1, -0.05) is 121 Å². The van der Waals surface area contributed by atoms with Gasteiger partial charge in [0.2, 0.25) is 11.7 Å². The minimum absolute atomic E-state index is 0.612. The summed E-state index contributed by atoms with van der Waals surface area (Å²) in [5, 5.41) is 8.37. The summed E-state index contributed by atoms with van der Waals surface area (Å²) in [4.78, 5) is 10.8. The highest BCUT2D eigenvalue weighted by molar-refractivity contribution is 7.27. The van der Waals surface area contributed by atoms with Gasteiger partial charge in [-0.05, 0) is 41.1 Å². The minimum atomic E-state index is 0.612.